The van der Waals surface area contributed by atoms with E-state index in [4.69, 9.17) is 9.47 Å². The van der Waals surface area contributed by atoms with Crippen molar-refractivity contribution in [2.24, 2.45) is 11.8 Å². The van der Waals surface area contributed by atoms with Gasteiger partial charge in [-0.2, -0.15) is 0 Å². The van der Waals surface area contributed by atoms with Crippen LogP contribution >= 0.6 is 0 Å². The molecule has 24 heavy (non-hydrogen) atoms. The average Bonchev–Trinajstić information content (AvgIpc) is 2.99. The van der Waals surface area contributed by atoms with E-state index in [1.807, 2.05) is 30.4 Å². The van der Waals surface area contributed by atoms with Crippen LogP contribution in [0.25, 0.3) is 0 Å². The number of allylic oxidation sites excluding steroid dienone is 2. The third-order valence-electron chi connectivity index (χ3n) is 5.81. The summed E-state index contributed by atoms with van der Waals surface area (Å²) in [5.41, 5.74) is 0.631. The van der Waals surface area contributed by atoms with Gasteiger partial charge in [0.25, 0.3) is 0 Å². The third-order valence-corrected chi connectivity index (χ3v) is 5.81. The summed E-state index contributed by atoms with van der Waals surface area (Å²) in [5.74, 6) is -0.592. The van der Waals surface area contributed by atoms with Gasteiger partial charge in [0.1, 0.15) is 0 Å². The summed E-state index contributed by atoms with van der Waals surface area (Å²) in [7, 11) is 0. The Hall–Kier alpha value is -2.62. The van der Waals surface area contributed by atoms with Crippen molar-refractivity contribution in [2.45, 2.75) is 17.9 Å². The van der Waals surface area contributed by atoms with Gasteiger partial charge in [-0.05, 0) is 30.4 Å². The van der Waals surface area contributed by atoms with E-state index in [9.17, 15) is 9.59 Å². The van der Waals surface area contributed by atoms with Crippen LogP contribution in [0, 0.1) is 11.8 Å². The second kappa shape index (κ2) is 4.26. The maximum atomic E-state index is 12.5. The van der Waals surface area contributed by atoms with Gasteiger partial charge in [-0.15, -0.1) is 0 Å². The van der Waals surface area contributed by atoms with Crippen LogP contribution in [-0.2, 0) is 24.5 Å². The summed E-state index contributed by atoms with van der Waals surface area (Å²) in [5, 5.41) is 0. The van der Waals surface area contributed by atoms with Gasteiger partial charge in [-0.1, -0.05) is 48.6 Å². The molecule has 4 atom stereocenters. The molecule has 1 saturated carbocycles. The van der Waals surface area contributed by atoms with Crippen molar-refractivity contribution in [2.75, 3.05) is 6.61 Å². The van der Waals surface area contributed by atoms with Crippen LogP contribution in [0.3, 0.4) is 0 Å². The largest absolute Gasteiger partial charge is 0.462 e. The molecule has 1 aliphatic heterocycles. The topological polar surface area (TPSA) is 52.6 Å². The molecule has 0 N–H and O–H groups in total. The predicted molar refractivity (Wildman–Crippen MR) is 85.9 cm³/mol. The summed E-state index contributed by atoms with van der Waals surface area (Å²) in [4.78, 5) is 24.8. The first kappa shape index (κ1) is 13.8. The first-order valence-corrected chi connectivity index (χ1v) is 8.25. The minimum atomic E-state index is -0.877. The van der Waals surface area contributed by atoms with E-state index in [0.29, 0.717) is 17.4 Å². The SMILES string of the molecule is CCOC(=O)C1=C2C=C[C@H]3[C@H]4C=C[C@]2(OC1=O)[C@]43c1ccccc1. The molecule has 1 fully saturated rings. The van der Waals surface area contributed by atoms with Crippen molar-refractivity contribution in [1.29, 1.82) is 0 Å². The molecule has 0 unspecified atom stereocenters. The van der Waals surface area contributed by atoms with E-state index in [-0.39, 0.29) is 17.6 Å². The number of rotatable bonds is 3. The van der Waals surface area contributed by atoms with Crippen molar-refractivity contribution < 1.29 is 19.1 Å². The molecule has 120 valence electrons. The molecule has 4 aliphatic rings. The summed E-state index contributed by atoms with van der Waals surface area (Å²) >= 11 is 0. The Morgan fingerprint density at radius 3 is 2.71 bits per heavy atom. The van der Waals surface area contributed by atoms with Gasteiger partial charge >= 0.3 is 11.9 Å². The Bertz CT molecular complexity index is 863. The molecule has 1 heterocycles. The molecule has 4 nitrogen and oxygen atoms in total. The fraction of sp³-hybridized carbons (Fsp3) is 0.300. The van der Waals surface area contributed by atoms with Crippen LogP contribution in [0.1, 0.15) is 12.5 Å². The van der Waals surface area contributed by atoms with Crippen molar-refractivity contribution in [3.05, 3.63) is 71.3 Å². The van der Waals surface area contributed by atoms with Crippen molar-refractivity contribution in [3.63, 3.8) is 0 Å². The molecule has 0 saturated heterocycles. The standard InChI is InChI=1S/C20H16O4/c1-2-23-17(21)16-15-9-8-13-14-10-11-19(15,24-18(16)22)20(13,14)12-6-4-3-5-7-12/h3-11,13-14H,2H2,1H3/t13-,14+,19+,20-/m0/s1. The predicted octanol–water partition coefficient (Wildman–Crippen LogP) is 2.47. The molecule has 0 bridgehead atoms. The van der Waals surface area contributed by atoms with Gasteiger partial charge in [0.2, 0.25) is 0 Å². The molecular weight excluding hydrogens is 304 g/mol. The molecule has 1 aromatic carbocycles. The lowest BCUT2D eigenvalue weighted by atomic mass is 9.70. The van der Waals surface area contributed by atoms with E-state index < -0.39 is 17.5 Å². The fourth-order valence-electron chi connectivity index (χ4n) is 4.95. The average molecular weight is 320 g/mol. The minimum absolute atomic E-state index is 0.0408. The zero-order valence-corrected chi connectivity index (χ0v) is 13.2. The highest BCUT2D eigenvalue weighted by molar-refractivity contribution is 6.18. The van der Waals surface area contributed by atoms with Gasteiger partial charge < -0.3 is 9.47 Å². The Kier molecular flexibility index (Phi) is 2.45. The summed E-state index contributed by atoms with van der Waals surface area (Å²) in [6.07, 6.45) is 8.08. The summed E-state index contributed by atoms with van der Waals surface area (Å²) < 4.78 is 11.0. The Morgan fingerprint density at radius 2 is 1.96 bits per heavy atom. The smallest absolute Gasteiger partial charge is 0.347 e. The molecule has 0 amide bonds. The van der Waals surface area contributed by atoms with Crippen LogP contribution < -0.4 is 0 Å². The molecule has 5 rings (SSSR count). The van der Waals surface area contributed by atoms with Crippen molar-refractivity contribution in [3.8, 4) is 0 Å². The van der Waals surface area contributed by atoms with Crippen LogP contribution in [-0.4, -0.2) is 24.1 Å². The summed E-state index contributed by atoms with van der Waals surface area (Å²) in [6.45, 7) is 1.95. The van der Waals surface area contributed by atoms with E-state index in [1.54, 1.807) is 6.92 Å². The molecule has 1 spiro atoms. The number of esters is 2. The van der Waals surface area contributed by atoms with Crippen LogP contribution in [0.15, 0.2) is 65.8 Å². The Labute approximate surface area is 139 Å². The number of carbonyl (C=O) groups is 2. The molecule has 0 radical (unpaired) electrons. The third kappa shape index (κ3) is 1.28. The maximum absolute atomic E-state index is 12.5. The highest BCUT2D eigenvalue weighted by atomic mass is 16.6. The molecule has 4 heteroatoms. The second-order valence-electron chi connectivity index (χ2n) is 6.64. The van der Waals surface area contributed by atoms with E-state index >= 15 is 0 Å². The van der Waals surface area contributed by atoms with Crippen LogP contribution in [0.2, 0.25) is 0 Å². The Balaban J connectivity index is 1.73. The Morgan fingerprint density at radius 1 is 1.21 bits per heavy atom. The molecular formula is C20H16O4. The number of carbonyl (C=O) groups excluding carboxylic acids is 2. The number of hydrogen-bond acceptors (Lipinski definition) is 4. The van der Waals surface area contributed by atoms with E-state index in [2.05, 4.69) is 24.3 Å². The molecule has 0 aromatic heterocycles. The lowest BCUT2D eigenvalue weighted by molar-refractivity contribution is -0.149. The van der Waals surface area contributed by atoms with E-state index in [0.717, 1.165) is 5.56 Å². The normalized spacial score (nSPS) is 37.1. The van der Waals surface area contributed by atoms with Crippen LogP contribution in [0.4, 0.5) is 0 Å². The first-order chi connectivity index (χ1) is 11.7. The lowest BCUT2D eigenvalue weighted by Gasteiger charge is -2.37. The van der Waals surface area contributed by atoms with Crippen molar-refractivity contribution >= 4 is 11.9 Å². The highest BCUT2D eigenvalue weighted by Gasteiger charge is 2.81. The monoisotopic (exact) mass is 320 g/mol. The fourth-order valence-corrected chi connectivity index (χ4v) is 4.95. The van der Waals surface area contributed by atoms with Gasteiger partial charge in [0.15, 0.2) is 11.2 Å². The maximum Gasteiger partial charge on any atom is 0.347 e. The molecule has 3 aliphatic carbocycles. The zero-order valence-electron chi connectivity index (χ0n) is 13.2. The van der Waals surface area contributed by atoms with Gasteiger partial charge in [0, 0.05) is 5.57 Å². The molecule has 1 aromatic rings. The lowest BCUT2D eigenvalue weighted by Crippen LogP contribution is -2.44. The number of hydrogen-bond donors (Lipinski definition) is 0. The van der Waals surface area contributed by atoms with Crippen LogP contribution in [0.5, 0.6) is 0 Å². The van der Waals surface area contributed by atoms with Gasteiger partial charge in [-0.3, -0.25) is 0 Å². The summed E-state index contributed by atoms with van der Waals surface area (Å²) in [6, 6.07) is 10.1. The second-order valence-corrected chi connectivity index (χ2v) is 6.64. The van der Waals surface area contributed by atoms with Crippen molar-refractivity contribution in [1.82, 2.24) is 0 Å². The quantitative estimate of drug-likeness (QED) is 0.488. The number of fused-ring (bicyclic) bond motifs is 1. The zero-order chi connectivity index (χ0) is 16.5. The first-order valence-electron chi connectivity index (χ1n) is 8.25. The number of ether oxygens (including phenoxy) is 2. The van der Waals surface area contributed by atoms with E-state index in [1.165, 1.54) is 0 Å². The number of benzene rings is 1. The minimum Gasteiger partial charge on any atom is -0.462 e. The van der Waals surface area contributed by atoms with Gasteiger partial charge in [-0.25, -0.2) is 9.59 Å². The van der Waals surface area contributed by atoms with Gasteiger partial charge in [0.05, 0.1) is 12.0 Å². The highest BCUT2D eigenvalue weighted by Crippen LogP contribution is 2.76.